The van der Waals surface area contributed by atoms with Gasteiger partial charge in [0, 0.05) is 41.2 Å². The Labute approximate surface area is 323 Å². The van der Waals surface area contributed by atoms with Crippen LogP contribution in [0.25, 0.3) is 0 Å². The molecule has 2 heterocycles. The molecule has 1 saturated heterocycles. The molecule has 7 rings (SSSR count). The van der Waals surface area contributed by atoms with E-state index in [4.69, 9.17) is 14.2 Å². The molecule has 2 aliphatic carbocycles. The Bertz CT molecular complexity index is 1960. The zero-order chi connectivity index (χ0) is 40.6. The summed E-state index contributed by atoms with van der Waals surface area (Å²) in [4.78, 5) is 57.2. The van der Waals surface area contributed by atoms with Gasteiger partial charge in [-0.05, 0) is 73.7 Å². The van der Waals surface area contributed by atoms with Gasteiger partial charge in [0.15, 0.2) is 6.10 Å². The van der Waals surface area contributed by atoms with Crippen molar-refractivity contribution in [2.45, 2.75) is 107 Å². The number of hydrogen-bond acceptors (Lipinski definition) is 11. The molecule has 304 valence electrons. The average Bonchev–Trinajstić information content (AvgIpc) is 3.91. The Morgan fingerprint density at radius 3 is 2.26 bits per heavy atom. The highest BCUT2D eigenvalue weighted by molar-refractivity contribution is 6.07. The Morgan fingerprint density at radius 1 is 0.860 bits per heavy atom. The normalized spacial score (nSPS) is 26.8. The minimum Gasteiger partial charge on any atom is -0.459 e. The number of alkyl halides is 3. The van der Waals surface area contributed by atoms with Crippen molar-refractivity contribution >= 4 is 29.4 Å². The molecule has 0 radical (unpaired) electrons. The molecular formula is C40H40F4N2O11. The number of anilines is 1. The van der Waals surface area contributed by atoms with Crippen molar-refractivity contribution in [3.63, 3.8) is 0 Å². The van der Waals surface area contributed by atoms with Crippen LogP contribution in [-0.4, -0.2) is 93.1 Å². The summed E-state index contributed by atoms with van der Waals surface area (Å²) in [5, 5.41) is 31.4. The van der Waals surface area contributed by atoms with Crippen LogP contribution in [0, 0.1) is 11.7 Å². The third-order valence-electron chi connectivity index (χ3n) is 10.7. The summed E-state index contributed by atoms with van der Waals surface area (Å²) in [6.45, 7) is -0.180. The molecule has 17 heteroatoms. The smallest absolute Gasteiger partial charge is 0.459 e. The Balaban J connectivity index is 1.05. The maximum Gasteiger partial charge on any atom is 0.573 e. The monoisotopic (exact) mass is 800 g/mol. The third-order valence-corrected chi connectivity index (χ3v) is 10.7. The molecule has 0 aromatic heterocycles. The molecule has 13 nitrogen and oxygen atoms in total. The summed E-state index contributed by atoms with van der Waals surface area (Å²) in [6.07, 6.45) is -12.2. The van der Waals surface area contributed by atoms with Crippen LogP contribution in [0.3, 0.4) is 0 Å². The fraction of sp³-hybridized carbons (Fsp3) is 0.450. The molecule has 57 heavy (non-hydrogen) atoms. The number of amides is 2. The van der Waals surface area contributed by atoms with Gasteiger partial charge in [-0.3, -0.25) is 14.4 Å². The summed E-state index contributed by atoms with van der Waals surface area (Å²) < 4.78 is 73.1. The van der Waals surface area contributed by atoms with Crippen LogP contribution in [0.1, 0.15) is 72.5 Å². The maximum absolute atomic E-state index is 15.0. The molecule has 2 aliphatic heterocycles. The van der Waals surface area contributed by atoms with Crippen molar-refractivity contribution in [1.82, 2.24) is 4.90 Å². The van der Waals surface area contributed by atoms with E-state index in [0.717, 1.165) is 12.1 Å². The van der Waals surface area contributed by atoms with Gasteiger partial charge in [0.2, 0.25) is 12.2 Å². The second-order valence-electron chi connectivity index (χ2n) is 14.6. The Hall–Kier alpha value is -5.10. The van der Waals surface area contributed by atoms with E-state index >= 15 is 4.39 Å². The lowest BCUT2D eigenvalue weighted by atomic mass is 9.81. The number of carbonyl (C=O) groups excluding carboxylic acids is 4. The van der Waals surface area contributed by atoms with Crippen molar-refractivity contribution in [1.29, 1.82) is 0 Å². The zero-order valence-corrected chi connectivity index (χ0v) is 30.3. The first-order valence-electron chi connectivity index (χ1n) is 18.6. The summed E-state index contributed by atoms with van der Waals surface area (Å²) in [5.41, 5.74) is 1.45. The van der Waals surface area contributed by atoms with Crippen LogP contribution in [-0.2, 0) is 35.2 Å². The Kier molecular flexibility index (Phi) is 11.5. The first-order chi connectivity index (χ1) is 27.2. The van der Waals surface area contributed by atoms with E-state index in [-0.39, 0.29) is 30.6 Å². The summed E-state index contributed by atoms with van der Waals surface area (Å²) in [6, 6.07) is 15.7. The fourth-order valence-corrected chi connectivity index (χ4v) is 8.02. The summed E-state index contributed by atoms with van der Waals surface area (Å²) >= 11 is 0. The SMILES string of the molecule is O=C(CCC(=O)N(C1CC1)[C@H]1c2cc(F)ccc2N(C(=O)c2ccc(OC(F)(F)F)cc2)[C@H]2CCC[C@@H]21)OC1OC(C(=O)OCc2ccccc2)C(O)C(O)C1O. The first kappa shape index (κ1) is 40.1. The van der Waals surface area contributed by atoms with Gasteiger partial charge in [-0.15, -0.1) is 13.2 Å². The molecule has 2 saturated carbocycles. The Morgan fingerprint density at radius 2 is 1.58 bits per heavy atom. The predicted octanol–water partition coefficient (Wildman–Crippen LogP) is 4.46. The van der Waals surface area contributed by atoms with Gasteiger partial charge in [-0.25, -0.2) is 9.18 Å². The highest BCUT2D eigenvalue weighted by atomic mass is 19.4. The van der Waals surface area contributed by atoms with Gasteiger partial charge in [0.25, 0.3) is 5.91 Å². The number of aliphatic hydroxyl groups excluding tert-OH is 3. The number of benzene rings is 3. The van der Waals surface area contributed by atoms with Crippen LogP contribution >= 0.6 is 0 Å². The zero-order valence-electron chi connectivity index (χ0n) is 30.3. The second-order valence-corrected chi connectivity index (χ2v) is 14.6. The molecule has 5 unspecified atom stereocenters. The van der Waals surface area contributed by atoms with Crippen LogP contribution in [0.2, 0.25) is 0 Å². The van der Waals surface area contributed by atoms with E-state index in [1.165, 1.54) is 35.2 Å². The number of esters is 2. The lowest BCUT2D eigenvalue weighted by Gasteiger charge is -2.48. The van der Waals surface area contributed by atoms with Gasteiger partial charge in [0.05, 0.1) is 12.5 Å². The fourth-order valence-electron chi connectivity index (χ4n) is 8.02. The molecular weight excluding hydrogens is 760 g/mol. The summed E-state index contributed by atoms with van der Waals surface area (Å²) in [7, 11) is 0. The van der Waals surface area contributed by atoms with E-state index in [0.29, 0.717) is 48.9 Å². The number of ether oxygens (including phenoxy) is 4. The minimum absolute atomic E-state index is 0.0852. The van der Waals surface area contributed by atoms with Crippen molar-refractivity contribution in [2.24, 2.45) is 5.92 Å². The number of hydrogen-bond donors (Lipinski definition) is 3. The van der Waals surface area contributed by atoms with E-state index in [1.54, 1.807) is 35.2 Å². The van der Waals surface area contributed by atoms with Crippen molar-refractivity contribution in [3.8, 4) is 5.75 Å². The molecule has 8 atom stereocenters. The molecule has 0 spiro atoms. The highest BCUT2D eigenvalue weighted by Gasteiger charge is 2.52. The average molecular weight is 801 g/mol. The lowest BCUT2D eigenvalue weighted by Crippen LogP contribution is -2.60. The van der Waals surface area contributed by atoms with Crippen LogP contribution < -0.4 is 9.64 Å². The minimum atomic E-state index is -4.91. The molecule has 3 aromatic carbocycles. The third kappa shape index (κ3) is 8.76. The van der Waals surface area contributed by atoms with E-state index in [2.05, 4.69) is 4.74 Å². The van der Waals surface area contributed by atoms with E-state index < -0.39 is 90.9 Å². The van der Waals surface area contributed by atoms with Gasteiger partial charge in [-0.1, -0.05) is 36.8 Å². The van der Waals surface area contributed by atoms with Crippen molar-refractivity contribution in [3.05, 3.63) is 95.3 Å². The largest absolute Gasteiger partial charge is 0.573 e. The molecule has 4 aliphatic rings. The van der Waals surface area contributed by atoms with Crippen LogP contribution in [0.4, 0.5) is 23.2 Å². The van der Waals surface area contributed by atoms with Crippen molar-refractivity contribution < 1.29 is 71.0 Å². The quantitative estimate of drug-likeness (QED) is 0.185. The van der Waals surface area contributed by atoms with Crippen LogP contribution in [0.15, 0.2) is 72.8 Å². The first-order valence-corrected chi connectivity index (χ1v) is 18.6. The number of fused-ring (bicyclic) bond motifs is 2. The molecule has 3 aromatic rings. The van der Waals surface area contributed by atoms with Gasteiger partial charge >= 0.3 is 18.3 Å². The second kappa shape index (κ2) is 16.4. The van der Waals surface area contributed by atoms with E-state index in [1.807, 2.05) is 0 Å². The number of halogens is 4. The lowest BCUT2D eigenvalue weighted by molar-refractivity contribution is -0.287. The summed E-state index contributed by atoms with van der Waals surface area (Å²) in [5.74, 6) is -4.50. The molecule has 3 fully saturated rings. The number of aliphatic hydroxyl groups is 3. The van der Waals surface area contributed by atoms with Crippen molar-refractivity contribution in [2.75, 3.05) is 4.90 Å². The highest BCUT2D eigenvalue weighted by Crippen LogP contribution is 2.53. The van der Waals surface area contributed by atoms with Crippen LogP contribution in [0.5, 0.6) is 5.75 Å². The number of carbonyl (C=O) groups is 4. The van der Waals surface area contributed by atoms with Gasteiger partial charge in [0.1, 0.15) is 36.5 Å². The van der Waals surface area contributed by atoms with Gasteiger partial charge < -0.3 is 44.1 Å². The molecule has 3 N–H and O–H groups in total. The van der Waals surface area contributed by atoms with Gasteiger partial charge in [-0.2, -0.15) is 0 Å². The topological polar surface area (TPSA) is 172 Å². The number of nitrogens with zero attached hydrogens (tertiary/aromatic N) is 2. The maximum atomic E-state index is 15.0. The van der Waals surface area contributed by atoms with E-state index in [9.17, 15) is 47.7 Å². The number of rotatable bonds is 11. The molecule has 2 amide bonds. The molecule has 0 bridgehead atoms. The predicted molar refractivity (Wildman–Crippen MR) is 188 cm³/mol. The standard InChI is InChI=1S/C40H40F4N2O11/c41-23-11-16-29-27(19-23)32(26-7-4-8-28(26)46(29)37(52)22-9-14-25(15-10-22)57-40(42,43)44)45(24-12-13-24)30(47)17-18-31(48)55-39-35(51)33(49)34(50)36(56-39)38(53)54-20-21-5-2-1-3-6-21/h1-3,5-6,9-11,14-16,19,24,26,28,32-36,39,49-51H,4,7-8,12-13,17-18,20H2/t26-,28-,32+,33?,34?,35?,36?,39?/m0/s1.